The van der Waals surface area contributed by atoms with Crippen LogP contribution >= 0.6 is 0 Å². The highest BCUT2D eigenvalue weighted by molar-refractivity contribution is 6.99. The van der Waals surface area contributed by atoms with Crippen molar-refractivity contribution in [1.82, 2.24) is 0 Å². The molecule has 1 atom stereocenters. The zero-order chi connectivity index (χ0) is 20.8. The van der Waals surface area contributed by atoms with Gasteiger partial charge in [0.1, 0.15) is 0 Å². The Balaban J connectivity index is 2.56. The van der Waals surface area contributed by atoms with Crippen molar-refractivity contribution in [1.29, 1.82) is 0 Å². The van der Waals surface area contributed by atoms with E-state index in [9.17, 15) is 4.79 Å². The summed E-state index contributed by atoms with van der Waals surface area (Å²) in [5.74, 6) is -0.291. The smallest absolute Gasteiger partial charge is 0.333 e. The van der Waals surface area contributed by atoms with Gasteiger partial charge in [-0.15, -0.1) is 0 Å². The van der Waals surface area contributed by atoms with Gasteiger partial charge in [-0.05, 0) is 42.3 Å². The third-order valence-electron chi connectivity index (χ3n) is 4.86. The van der Waals surface area contributed by atoms with Gasteiger partial charge in [0.2, 0.25) is 0 Å². The second-order valence-corrected chi connectivity index (χ2v) is 12.3. The first-order valence-corrected chi connectivity index (χ1v) is 11.8. The van der Waals surface area contributed by atoms with Crippen molar-refractivity contribution in [3.05, 3.63) is 72.3 Å². The minimum Gasteiger partial charge on any atom is -0.463 e. The minimum atomic E-state index is -2.63. The molecule has 0 aliphatic rings. The molecule has 2 rings (SSSR count). The summed E-state index contributed by atoms with van der Waals surface area (Å²) < 4.78 is 12.0. The zero-order valence-electron chi connectivity index (χ0n) is 17.9. The third kappa shape index (κ3) is 4.81. The number of ether oxygens (including phenoxy) is 1. The van der Waals surface area contributed by atoms with Crippen LogP contribution < -0.4 is 10.4 Å². The van der Waals surface area contributed by atoms with Gasteiger partial charge in [-0.2, -0.15) is 0 Å². The number of benzene rings is 2. The molecule has 0 amide bonds. The number of hydrogen-bond donors (Lipinski definition) is 0. The van der Waals surface area contributed by atoms with Gasteiger partial charge in [0.15, 0.2) is 0 Å². The molecule has 150 valence electrons. The lowest BCUT2D eigenvalue weighted by Crippen LogP contribution is -2.67. The first-order chi connectivity index (χ1) is 13.2. The van der Waals surface area contributed by atoms with Crippen LogP contribution in [-0.2, 0) is 14.0 Å². The Kier molecular flexibility index (Phi) is 7.39. The molecule has 4 heteroatoms. The van der Waals surface area contributed by atoms with Crippen molar-refractivity contribution in [2.45, 2.75) is 52.7 Å². The van der Waals surface area contributed by atoms with E-state index in [1.807, 2.05) is 32.1 Å². The number of rotatable bonds is 7. The molecule has 0 aliphatic carbocycles. The van der Waals surface area contributed by atoms with E-state index in [2.05, 4.69) is 69.3 Å². The summed E-state index contributed by atoms with van der Waals surface area (Å²) in [6, 6.07) is 21.0. The van der Waals surface area contributed by atoms with Crippen LogP contribution in [0.4, 0.5) is 0 Å². The topological polar surface area (TPSA) is 35.5 Å². The van der Waals surface area contributed by atoms with E-state index in [1.165, 1.54) is 10.4 Å². The molecule has 2 aromatic rings. The lowest BCUT2D eigenvalue weighted by molar-refractivity contribution is -0.138. The molecule has 0 bridgehead atoms. The molecule has 3 nitrogen and oxygen atoms in total. The molecule has 0 N–H and O–H groups in total. The predicted molar refractivity (Wildman–Crippen MR) is 119 cm³/mol. The van der Waals surface area contributed by atoms with Crippen LogP contribution in [0, 0.1) is 0 Å². The van der Waals surface area contributed by atoms with Gasteiger partial charge in [-0.3, -0.25) is 0 Å². The van der Waals surface area contributed by atoms with Crippen molar-refractivity contribution >= 4 is 24.7 Å². The van der Waals surface area contributed by atoms with Gasteiger partial charge in [0.05, 0.1) is 12.7 Å². The highest BCUT2D eigenvalue weighted by atomic mass is 28.4. The van der Waals surface area contributed by atoms with Gasteiger partial charge in [0, 0.05) is 5.57 Å². The number of hydrogen-bond acceptors (Lipinski definition) is 3. The van der Waals surface area contributed by atoms with Gasteiger partial charge >= 0.3 is 5.97 Å². The van der Waals surface area contributed by atoms with E-state index in [4.69, 9.17) is 9.16 Å². The Labute approximate surface area is 170 Å². The quantitative estimate of drug-likeness (QED) is 0.394. The maximum atomic E-state index is 12.0. The van der Waals surface area contributed by atoms with Crippen LogP contribution in [-0.4, -0.2) is 27.0 Å². The fourth-order valence-electron chi connectivity index (χ4n) is 3.67. The summed E-state index contributed by atoms with van der Waals surface area (Å²) in [5, 5.41) is 2.35. The van der Waals surface area contributed by atoms with E-state index in [0.29, 0.717) is 12.2 Å². The van der Waals surface area contributed by atoms with E-state index < -0.39 is 8.32 Å². The monoisotopic (exact) mass is 396 g/mol. The Bertz CT molecular complexity index is 752. The predicted octanol–water partition coefficient (Wildman–Crippen LogP) is 4.46. The van der Waals surface area contributed by atoms with Crippen LogP contribution in [0.1, 0.15) is 41.5 Å². The molecule has 0 saturated heterocycles. The molecule has 0 unspecified atom stereocenters. The molecule has 0 heterocycles. The average molecular weight is 397 g/mol. The van der Waals surface area contributed by atoms with E-state index in [0.717, 1.165) is 0 Å². The van der Waals surface area contributed by atoms with Crippen molar-refractivity contribution < 1.29 is 14.0 Å². The highest BCUT2D eigenvalue weighted by Gasteiger charge is 2.50. The molecule has 0 radical (unpaired) electrons. The standard InChI is InChI=1S/C24H32O3Si/c1-7-26-23(25)19(2)18-20(3)27-28(24(4,5)6,21-14-10-8-11-15-21)22-16-12-9-13-17-22/h8-18,20H,7H2,1-6H3/b19-18+/t20-/m1/s1. The Hall–Kier alpha value is -2.17. The molecular weight excluding hydrogens is 364 g/mol. The van der Waals surface area contributed by atoms with Crippen LogP contribution in [0.5, 0.6) is 0 Å². The molecule has 0 fully saturated rings. The molecule has 0 aliphatic heterocycles. The van der Waals surface area contributed by atoms with Gasteiger partial charge < -0.3 is 9.16 Å². The molecule has 0 spiro atoms. The molecule has 0 aromatic heterocycles. The van der Waals surface area contributed by atoms with Gasteiger partial charge in [-0.25, -0.2) is 4.79 Å². The lowest BCUT2D eigenvalue weighted by Gasteiger charge is -2.44. The number of carbonyl (C=O) groups is 1. The maximum absolute atomic E-state index is 12.0. The van der Waals surface area contributed by atoms with Crippen molar-refractivity contribution in [2.75, 3.05) is 6.61 Å². The summed E-state index contributed by atoms with van der Waals surface area (Å²) in [6.07, 6.45) is 1.65. The second-order valence-electron chi connectivity index (χ2n) is 8.06. The summed E-state index contributed by atoms with van der Waals surface area (Å²) in [6.45, 7) is 12.7. The summed E-state index contributed by atoms with van der Waals surface area (Å²) in [5.41, 5.74) is 0.576. The number of esters is 1. The first-order valence-electron chi connectivity index (χ1n) is 9.86. The summed E-state index contributed by atoms with van der Waals surface area (Å²) >= 11 is 0. The molecule has 0 saturated carbocycles. The van der Waals surface area contributed by atoms with E-state index >= 15 is 0 Å². The average Bonchev–Trinajstić information content (AvgIpc) is 2.66. The second kappa shape index (κ2) is 9.35. The van der Waals surface area contributed by atoms with Gasteiger partial charge in [-0.1, -0.05) is 81.4 Å². The highest BCUT2D eigenvalue weighted by Crippen LogP contribution is 2.37. The van der Waals surface area contributed by atoms with Crippen molar-refractivity contribution in [3.63, 3.8) is 0 Å². The van der Waals surface area contributed by atoms with Gasteiger partial charge in [0.25, 0.3) is 8.32 Å². The van der Waals surface area contributed by atoms with E-state index in [1.54, 1.807) is 6.92 Å². The van der Waals surface area contributed by atoms with E-state index in [-0.39, 0.29) is 17.1 Å². The fraction of sp³-hybridized carbons (Fsp3) is 0.375. The van der Waals surface area contributed by atoms with Crippen LogP contribution in [0.25, 0.3) is 0 Å². The molecule has 28 heavy (non-hydrogen) atoms. The number of carbonyl (C=O) groups excluding carboxylic acids is 1. The fourth-order valence-corrected chi connectivity index (χ4v) is 8.31. The molecular formula is C24H32O3Si. The SMILES string of the molecule is CCOC(=O)/C(C)=C/[C@@H](C)O[Si](c1ccccc1)(c1ccccc1)C(C)(C)C. The molecule has 2 aromatic carbocycles. The first kappa shape index (κ1) is 22.1. The summed E-state index contributed by atoms with van der Waals surface area (Å²) in [7, 11) is -2.63. The third-order valence-corrected chi connectivity index (χ3v) is 9.99. The van der Waals surface area contributed by atoms with Crippen LogP contribution in [0.3, 0.4) is 0 Å². The Morgan fingerprint density at radius 3 is 1.86 bits per heavy atom. The Morgan fingerprint density at radius 2 is 1.46 bits per heavy atom. The van der Waals surface area contributed by atoms with Crippen LogP contribution in [0.15, 0.2) is 72.3 Å². The van der Waals surface area contributed by atoms with Crippen molar-refractivity contribution in [2.24, 2.45) is 0 Å². The lowest BCUT2D eigenvalue weighted by atomic mass is 10.2. The summed E-state index contributed by atoms with van der Waals surface area (Å²) in [4.78, 5) is 12.0. The zero-order valence-corrected chi connectivity index (χ0v) is 18.9. The van der Waals surface area contributed by atoms with Crippen LogP contribution in [0.2, 0.25) is 5.04 Å². The maximum Gasteiger partial charge on any atom is 0.333 e. The largest absolute Gasteiger partial charge is 0.463 e. The normalized spacial score (nSPS) is 13.9. The van der Waals surface area contributed by atoms with Crippen molar-refractivity contribution in [3.8, 4) is 0 Å². The Morgan fingerprint density at radius 1 is 1.00 bits per heavy atom. The minimum absolute atomic E-state index is 0.102.